The predicted molar refractivity (Wildman–Crippen MR) is 92.9 cm³/mol. The van der Waals surface area contributed by atoms with Gasteiger partial charge in [-0.05, 0) is 50.9 Å². The van der Waals surface area contributed by atoms with Gasteiger partial charge < -0.3 is 9.64 Å². The van der Waals surface area contributed by atoms with E-state index in [1.165, 1.54) is 6.42 Å². The van der Waals surface area contributed by atoms with Gasteiger partial charge in [-0.1, -0.05) is 34.1 Å². The van der Waals surface area contributed by atoms with Crippen LogP contribution in [0.4, 0.5) is 0 Å². The van der Waals surface area contributed by atoms with Crippen molar-refractivity contribution >= 4 is 11.9 Å². The molecular weight excluding hydrogens is 290 g/mol. The third kappa shape index (κ3) is 5.22. The number of carbonyl (C=O) groups is 2. The van der Waals surface area contributed by atoms with Gasteiger partial charge in [0, 0.05) is 13.0 Å². The molecule has 1 fully saturated rings. The molecule has 2 unspecified atom stereocenters. The van der Waals surface area contributed by atoms with Crippen LogP contribution in [0.3, 0.4) is 0 Å². The van der Waals surface area contributed by atoms with Crippen molar-refractivity contribution in [3.63, 3.8) is 0 Å². The lowest BCUT2D eigenvalue weighted by Crippen LogP contribution is -2.48. The summed E-state index contributed by atoms with van der Waals surface area (Å²) in [5.74, 6) is 1.31. The van der Waals surface area contributed by atoms with E-state index >= 15 is 0 Å². The van der Waals surface area contributed by atoms with E-state index in [4.69, 9.17) is 4.74 Å². The topological polar surface area (TPSA) is 46.6 Å². The van der Waals surface area contributed by atoms with Gasteiger partial charge in [-0.25, -0.2) is 4.79 Å². The van der Waals surface area contributed by atoms with Crippen molar-refractivity contribution in [2.24, 2.45) is 23.7 Å². The molecular formula is C19H35NO3. The van der Waals surface area contributed by atoms with Crippen molar-refractivity contribution in [2.45, 2.75) is 79.4 Å². The van der Waals surface area contributed by atoms with Crippen LogP contribution in [0.5, 0.6) is 0 Å². The summed E-state index contributed by atoms with van der Waals surface area (Å²) in [7, 11) is 1.74. The Morgan fingerprint density at radius 3 is 2.30 bits per heavy atom. The SMILES string of the molecule is CCC(C)OC(=O)C(C)N(C)C(=O)[C@@H]1C[C@H](C)CC[C@H]1C(C)C. The quantitative estimate of drug-likeness (QED) is 0.696. The van der Waals surface area contributed by atoms with E-state index in [2.05, 4.69) is 20.8 Å². The third-order valence-electron chi connectivity index (χ3n) is 5.50. The Labute approximate surface area is 141 Å². The lowest BCUT2D eigenvalue weighted by Gasteiger charge is -2.39. The van der Waals surface area contributed by atoms with Gasteiger partial charge in [0.05, 0.1) is 6.10 Å². The van der Waals surface area contributed by atoms with Gasteiger partial charge in [0.15, 0.2) is 0 Å². The number of hydrogen-bond donors (Lipinski definition) is 0. The van der Waals surface area contributed by atoms with E-state index < -0.39 is 6.04 Å². The maximum atomic E-state index is 13.0. The molecule has 0 aromatic heterocycles. The average molecular weight is 325 g/mol. The maximum Gasteiger partial charge on any atom is 0.328 e. The minimum absolute atomic E-state index is 0.0302. The number of rotatable bonds is 6. The third-order valence-corrected chi connectivity index (χ3v) is 5.50. The highest BCUT2D eigenvalue weighted by Gasteiger charge is 2.38. The Balaban J connectivity index is 2.78. The summed E-state index contributed by atoms with van der Waals surface area (Å²) in [6, 6.07) is -0.526. The van der Waals surface area contributed by atoms with Crippen molar-refractivity contribution in [2.75, 3.05) is 7.05 Å². The summed E-state index contributed by atoms with van der Waals surface area (Å²) in [6.45, 7) is 12.2. The Morgan fingerprint density at radius 2 is 1.78 bits per heavy atom. The second kappa shape index (κ2) is 8.70. The van der Waals surface area contributed by atoms with Crippen molar-refractivity contribution in [1.29, 1.82) is 0 Å². The van der Waals surface area contributed by atoms with Gasteiger partial charge >= 0.3 is 5.97 Å². The van der Waals surface area contributed by atoms with Crippen molar-refractivity contribution in [1.82, 2.24) is 4.90 Å². The normalized spacial score (nSPS) is 27.4. The Morgan fingerprint density at radius 1 is 1.17 bits per heavy atom. The summed E-state index contributed by atoms with van der Waals surface area (Å²) >= 11 is 0. The molecule has 0 saturated heterocycles. The van der Waals surface area contributed by atoms with E-state index in [-0.39, 0.29) is 23.9 Å². The smallest absolute Gasteiger partial charge is 0.328 e. The minimum atomic E-state index is -0.526. The van der Waals surface area contributed by atoms with Gasteiger partial charge in [-0.2, -0.15) is 0 Å². The van der Waals surface area contributed by atoms with Crippen molar-refractivity contribution in [3.8, 4) is 0 Å². The number of ether oxygens (including phenoxy) is 1. The Kier molecular flexibility index (Phi) is 7.56. The molecule has 0 N–H and O–H groups in total. The molecule has 23 heavy (non-hydrogen) atoms. The summed E-state index contributed by atoms with van der Waals surface area (Å²) in [5, 5.41) is 0. The first-order valence-electron chi connectivity index (χ1n) is 9.16. The molecule has 1 rings (SSSR count). The van der Waals surface area contributed by atoms with Crippen LogP contribution >= 0.6 is 0 Å². The van der Waals surface area contributed by atoms with E-state index in [1.807, 2.05) is 13.8 Å². The first kappa shape index (κ1) is 20.0. The van der Waals surface area contributed by atoms with Crippen LogP contribution in [-0.2, 0) is 14.3 Å². The minimum Gasteiger partial charge on any atom is -0.461 e. The predicted octanol–water partition coefficient (Wildman–Crippen LogP) is 3.88. The lowest BCUT2D eigenvalue weighted by molar-refractivity contribution is -0.159. The molecule has 0 aliphatic heterocycles. The average Bonchev–Trinajstić information content (AvgIpc) is 2.51. The van der Waals surface area contributed by atoms with Crippen LogP contribution in [0.15, 0.2) is 0 Å². The summed E-state index contributed by atoms with van der Waals surface area (Å²) in [5.41, 5.74) is 0. The first-order chi connectivity index (χ1) is 10.7. The molecule has 0 aromatic rings. The van der Waals surface area contributed by atoms with Gasteiger partial charge in [0.25, 0.3) is 0 Å². The van der Waals surface area contributed by atoms with Gasteiger partial charge in [-0.3, -0.25) is 4.79 Å². The molecule has 1 amide bonds. The molecule has 0 radical (unpaired) electrons. The molecule has 1 aliphatic carbocycles. The van der Waals surface area contributed by atoms with E-state index in [9.17, 15) is 9.59 Å². The Hall–Kier alpha value is -1.06. The van der Waals surface area contributed by atoms with E-state index in [0.717, 1.165) is 19.3 Å². The fraction of sp³-hybridized carbons (Fsp3) is 0.895. The number of nitrogens with zero attached hydrogens (tertiary/aromatic N) is 1. The standard InChI is InChI=1S/C19H35NO3/c1-8-14(5)23-19(22)15(6)20(7)18(21)17-11-13(4)9-10-16(17)12(2)3/h12-17H,8-11H2,1-7H3/t13-,14?,15?,16+,17-/m1/s1. The fourth-order valence-electron chi connectivity index (χ4n) is 3.48. The van der Waals surface area contributed by atoms with Gasteiger partial charge in [0.1, 0.15) is 6.04 Å². The molecule has 1 aliphatic rings. The van der Waals surface area contributed by atoms with Crippen LogP contribution < -0.4 is 0 Å². The summed E-state index contributed by atoms with van der Waals surface area (Å²) in [4.78, 5) is 26.8. The summed E-state index contributed by atoms with van der Waals surface area (Å²) in [6.07, 6.45) is 3.91. The molecule has 134 valence electrons. The zero-order chi connectivity index (χ0) is 17.7. The van der Waals surface area contributed by atoms with Gasteiger partial charge in [-0.15, -0.1) is 0 Å². The maximum absolute atomic E-state index is 13.0. The largest absolute Gasteiger partial charge is 0.461 e. The molecule has 0 bridgehead atoms. The highest BCUT2D eigenvalue weighted by atomic mass is 16.5. The zero-order valence-corrected chi connectivity index (χ0v) is 16.0. The van der Waals surface area contributed by atoms with Crippen molar-refractivity contribution in [3.05, 3.63) is 0 Å². The second-order valence-corrected chi connectivity index (χ2v) is 7.71. The lowest BCUT2D eigenvalue weighted by atomic mass is 9.69. The van der Waals surface area contributed by atoms with Crippen LogP contribution in [0.1, 0.15) is 67.2 Å². The Bertz CT molecular complexity index is 407. The van der Waals surface area contributed by atoms with Crippen molar-refractivity contribution < 1.29 is 14.3 Å². The molecule has 4 heteroatoms. The molecule has 5 atom stereocenters. The fourth-order valence-corrected chi connectivity index (χ4v) is 3.48. The summed E-state index contributed by atoms with van der Waals surface area (Å²) < 4.78 is 5.38. The molecule has 1 saturated carbocycles. The monoisotopic (exact) mass is 325 g/mol. The molecule has 4 nitrogen and oxygen atoms in total. The molecule has 0 aromatic carbocycles. The number of likely N-dealkylation sites (N-methyl/N-ethyl adjacent to an activating group) is 1. The van der Waals surface area contributed by atoms with Crippen LogP contribution in [0, 0.1) is 23.7 Å². The van der Waals surface area contributed by atoms with Crippen LogP contribution in [-0.4, -0.2) is 36.0 Å². The number of amides is 1. The first-order valence-corrected chi connectivity index (χ1v) is 9.16. The molecule has 0 heterocycles. The zero-order valence-electron chi connectivity index (χ0n) is 16.0. The van der Waals surface area contributed by atoms with Crippen LogP contribution in [0.2, 0.25) is 0 Å². The van der Waals surface area contributed by atoms with E-state index in [1.54, 1.807) is 18.9 Å². The number of carbonyl (C=O) groups excluding carboxylic acids is 2. The highest BCUT2D eigenvalue weighted by Crippen LogP contribution is 2.39. The van der Waals surface area contributed by atoms with Gasteiger partial charge in [0.2, 0.25) is 5.91 Å². The highest BCUT2D eigenvalue weighted by molar-refractivity contribution is 5.85. The number of esters is 1. The van der Waals surface area contributed by atoms with E-state index in [0.29, 0.717) is 17.8 Å². The second-order valence-electron chi connectivity index (χ2n) is 7.71. The number of hydrogen-bond acceptors (Lipinski definition) is 3. The van der Waals surface area contributed by atoms with Crippen LogP contribution in [0.25, 0.3) is 0 Å². The molecule has 0 spiro atoms.